The van der Waals surface area contributed by atoms with Crippen molar-refractivity contribution in [3.05, 3.63) is 65.5 Å². The molecule has 0 bridgehead atoms. The van der Waals surface area contributed by atoms with Crippen LogP contribution in [0, 0.1) is 17.5 Å². The number of anilines is 1. The van der Waals surface area contributed by atoms with Gasteiger partial charge in [0.2, 0.25) is 5.91 Å². The number of benzene rings is 2. The van der Waals surface area contributed by atoms with Crippen molar-refractivity contribution in [2.24, 2.45) is 0 Å². The number of amides is 2. The molecule has 1 heterocycles. The number of nitrogens with zero attached hydrogens (tertiary/aromatic N) is 1. The molecule has 1 fully saturated rings. The fourth-order valence-corrected chi connectivity index (χ4v) is 2.67. The van der Waals surface area contributed by atoms with Crippen molar-refractivity contribution in [2.75, 3.05) is 11.4 Å². The number of carbonyl (C=O) groups is 2. The maximum absolute atomic E-state index is 13.6. The third-order valence-corrected chi connectivity index (χ3v) is 3.77. The minimum atomic E-state index is -0.973. The fourth-order valence-electron chi connectivity index (χ4n) is 2.67. The molecule has 24 heavy (non-hydrogen) atoms. The quantitative estimate of drug-likeness (QED) is 0.938. The summed E-state index contributed by atoms with van der Waals surface area (Å²) < 4.78 is 40.5. The molecule has 0 aromatic heterocycles. The van der Waals surface area contributed by atoms with Crippen molar-refractivity contribution in [3.63, 3.8) is 0 Å². The maximum atomic E-state index is 13.6. The van der Waals surface area contributed by atoms with Crippen molar-refractivity contribution in [1.82, 2.24) is 5.32 Å². The van der Waals surface area contributed by atoms with Gasteiger partial charge in [-0.2, -0.15) is 0 Å². The van der Waals surface area contributed by atoms with Gasteiger partial charge in [-0.25, -0.2) is 13.2 Å². The Balaban J connectivity index is 1.74. The molecule has 4 nitrogen and oxygen atoms in total. The van der Waals surface area contributed by atoms with E-state index in [4.69, 9.17) is 0 Å². The number of hydrogen-bond donors (Lipinski definition) is 1. The van der Waals surface area contributed by atoms with Gasteiger partial charge in [-0.3, -0.25) is 9.59 Å². The molecule has 7 heteroatoms. The number of carbonyl (C=O) groups excluding carboxylic acids is 2. The van der Waals surface area contributed by atoms with Crippen LogP contribution in [-0.4, -0.2) is 24.4 Å². The molecule has 1 atom stereocenters. The predicted octanol–water partition coefficient (Wildman–Crippen LogP) is 2.64. The van der Waals surface area contributed by atoms with Crippen molar-refractivity contribution in [2.45, 2.75) is 12.5 Å². The van der Waals surface area contributed by atoms with Gasteiger partial charge in [0.15, 0.2) is 0 Å². The van der Waals surface area contributed by atoms with E-state index in [1.165, 1.54) is 23.1 Å². The first kappa shape index (κ1) is 16.0. The van der Waals surface area contributed by atoms with Crippen LogP contribution in [0.25, 0.3) is 0 Å². The highest BCUT2D eigenvalue weighted by Crippen LogP contribution is 2.23. The predicted molar refractivity (Wildman–Crippen MR) is 81.0 cm³/mol. The molecule has 1 saturated heterocycles. The third-order valence-electron chi connectivity index (χ3n) is 3.77. The molecular formula is C17H13F3N2O2. The summed E-state index contributed by atoms with van der Waals surface area (Å²) in [6, 6.07) is 8.01. The van der Waals surface area contributed by atoms with E-state index < -0.39 is 35.0 Å². The van der Waals surface area contributed by atoms with E-state index >= 15 is 0 Å². The fraction of sp³-hybridized carbons (Fsp3) is 0.176. The molecule has 3 rings (SSSR count). The number of hydrogen-bond acceptors (Lipinski definition) is 2. The van der Waals surface area contributed by atoms with E-state index in [1.807, 2.05) is 0 Å². The first-order valence-corrected chi connectivity index (χ1v) is 7.26. The van der Waals surface area contributed by atoms with Crippen LogP contribution in [0.3, 0.4) is 0 Å². The van der Waals surface area contributed by atoms with Crippen LogP contribution in [0.1, 0.15) is 16.8 Å². The van der Waals surface area contributed by atoms with Crippen molar-refractivity contribution in [3.8, 4) is 0 Å². The number of halogens is 3. The molecule has 1 unspecified atom stereocenters. The van der Waals surface area contributed by atoms with Crippen LogP contribution in [-0.2, 0) is 4.79 Å². The van der Waals surface area contributed by atoms with Gasteiger partial charge in [0, 0.05) is 18.7 Å². The highest BCUT2D eigenvalue weighted by Gasteiger charge is 2.32. The van der Waals surface area contributed by atoms with Crippen molar-refractivity contribution >= 4 is 17.5 Å². The van der Waals surface area contributed by atoms with E-state index in [2.05, 4.69) is 5.32 Å². The largest absolute Gasteiger partial charge is 0.347 e. The van der Waals surface area contributed by atoms with Crippen LogP contribution in [0.2, 0.25) is 0 Å². The smallest absolute Gasteiger partial charge is 0.257 e. The van der Waals surface area contributed by atoms with E-state index in [0.29, 0.717) is 5.69 Å². The average Bonchev–Trinajstić information content (AvgIpc) is 2.87. The second-order valence-electron chi connectivity index (χ2n) is 5.46. The zero-order valence-corrected chi connectivity index (χ0v) is 12.4. The summed E-state index contributed by atoms with van der Waals surface area (Å²) >= 11 is 0. The van der Waals surface area contributed by atoms with E-state index in [-0.39, 0.29) is 18.9 Å². The summed E-state index contributed by atoms with van der Waals surface area (Å²) in [6.07, 6.45) is -0.0294. The normalized spacial score (nSPS) is 17.2. The Bertz CT molecular complexity index is 790. The zero-order valence-electron chi connectivity index (χ0n) is 12.4. The summed E-state index contributed by atoms with van der Waals surface area (Å²) in [7, 11) is 0. The second kappa shape index (κ2) is 6.35. The van der Waals surface area contributed by atoms with E-state index in [1.54, 1.807) is 6.07 Å². The lowest BCUT2D eigenvalue weighted by atomic mass is 10.1. The Kier molecular flexibility index (Phi) is 4.24. The molecule has 124 valence electrons. The van der Waals surface area contributed by atoms with Crippen LogP contribution < -0.4 is 10.2 Å². The molecule has 2 aromatic carbocycles. The molecule has 0 aliphatic carbocycles. The van der Waals surface area contributed by atoms with Gasteiger partial charge in [0.25, 0.3) is 5.91 Å². The van der Waals surface area contributed by atoms with Crippen LogP contribution in [0.15, 0.2) is 42.5 Å². The lowest BCUT2D eigenvalue weighted by Gasteiger charge is -2.17. The first-order chi connectivity index (χ1) is 11.5. The Labute approximate surface area is 135 Å². The zero-order chi connectivity index (χ0) is 17.3. The van der Waals surface area contributed by atoms with Gasteiger partial charge < -0.3 is 10.2 Å². The first-order valence-electron chi connectivity index (χ1n) is 7.26. The molecule has 2 amide bonds. The second-order valence-corrected chi connectivity index (χ2v) is 5.46. The summed E-state index contributed by atoms with van der Waals surface area (Å²) in [5.74, 6) is -3.66. The monoisotopic (exact) mass is 334 g/mol. The summed E-state index contributed by atoms with van der Waals surface area (Å²) in [4.78, 5) is 25.4. The Morgan fingerprint density at radius 2 is 1.75 bits per heavy atom. The minimum Gasteiger partial charge on any atom is -0.347 e. The van der Waals surface area contributed by atoms with Gasteiger partial charge in [-0.05, 0) is 30.3 Å². The highest BCUT2D eigenvalue weighted by molar-refractivity contribution is 5.99. The van der Waals surface area contributed by atoms with Crippen molar-refractivity contribution in [1.29, 1.82) is 0 Å². The molecule has 0 saturated carbocycles. The van der Waals surface area contributed by atoms with Crippen molar-refractivity contribution < 1.29 is 22.8 Å². The van der Waals surface area contributed by atoms with Gasteiger partial charge in [-0.1, -0.05) is 12.1 Å². The van der Waals surface area contributed by atoms with Gasteiger partial charge in [-0.15, -0.1) is 0 Å². The standard InChI is InChI=1S/C17H13F3N2O2/c18-10-3-1-4-12(7-10)22-9-11(8-15(22)23)21-17(24)16-13(19)5-2-6-14(16)20/h1-7,11H,8-9H2,(H,21,24). The van der Waals surface area contributed by atoms with E-state index in [0.717, 1.165) is 18.2 Å². The van der Waals surface area contributed by atoms with Crippen LogP contribution in [0.5, 0.6) is 0 Å². The lowest BCUT2D eigenvalue weighted by molar-refractivity contribution is -0.117. The maximum Gasteiger partial charge on any atom is 0.257 e. The molecule has 0 spiro atoms. The number of nitrogens with one attached hydrogen (secondary N) is 1. The average molecular weight is 334 g/mol. The topological polar surface area (TPSA) is 49.4 Å². The van der Waals surface area contributed by atoms with Crippen LogP contribution >= 0.6 is 0 Å². The van der Waals surface area contributed by atoms with Crippen LogP contribution in [0.4, 0.5) is 18.9 Å². The molecule has 0 radical (unpaired) electrons. The molecule has 1 aliphatic heterocycles. The van der Waals surface area contributed by atoms with E-state index in [9.17, 15) is 22.8 Å². The SMILES string of the molecule is O=C(NC1CC(=O)N(c2cccc(F)c2)C1)c1c(F)cccc1F. The Morgan fingerprint density at radius 1 is 1.08 bits per heavy atom. The summed E-state index contributed by atoms with van der Waals surface area (Å²) in [5, 5.41) is 2.45. The summed E-state index contributed by atoms with van der Waals surface area (Å²) in [6.45, 7) is 0.101. The molecule has 2 aromatic rings. The minimum absolute atomic E-state index is 0.0294. The highest BCUT2D eigenvalue weighted by atomic mass is 19.1. The van der Waals surface area contributed by atoms with Gasteiger partial charge in [0.05, 0.1) is 6.04 Å². The lowest BCUT2D eigenvalue weighted by Crippen LogP contribution is -2.38. The third kappa shape index (κ3) is 3.10. The Morgan fingerprint density at radius 3 is 2.42 bits per heavy atom. The molecular weight excluding hydrogens is 321 g/mol. The van der Waals surface area contributed by atoms with Gasteiger partial charge in [0.1, 0.15) is 23.0 Å². The Hall–Kier alpha value is -2.83. The van der Waals surface area contributed by atoms with Gasteiger partial charge >= 0.3 is 0 Å². The molecule has 1 aliphatic rings. The number of rotatable bonds is 3. The summed E-state index contributed by atoms with van der Waals surface area (Å²) in [5.41, 5.74) is -0.317. The molecule has 1 N–H and O–H groups in total.